The standard InChI is InChI=1S/C16H13NO/c1-17(18)11-13-10-12-6-2-3-7-14(12)16-9-5-4-8-15(13)16/h2-11H,1H3/b17-11-. The third-order valence-corrected chi connectivity index (χ3v) is 3.12. The van der Waals surface area contributed by atoms with Crippen LogP contribution in [0.2, 0.25) is 0 Å². The van der Waals surface area contributed by atoms with Crippen LogP contribution in [0.5, 0.6) is 0 Å². The largest absolute Gasteiger partial charge is 0.624 e. The third kappa shape index (κ3) is 1.72. The molecule has 2 nitrogen and oxygen atoms in total. The number of benzene rings is 3. The molecule has 88 valence electrons. The summed E-state index contributed by atoms with van der Waals surface area (Å²) >= 11 is 0. The lowest BCUT2D eigenvalue weighted by Crippen LogP contribution is -1.98. The van der Waals surface area contributed by atoms with Gasteiger partial charge in [0.1, 0.15) is 7.05 Å². The molecule has 0 bridgehead atoms. The van der Waals surface area contributed by atoms with E-state index in [4.69, 9.17) is 0 Å². The van der Waals surface area contributed by atoms with Crippen LogP contribution in [0.15, 0.2) is 54.6 Å². The highest BCUT2D eigenvalue weighted by atomic mass is 16.5. The van der Waals surface area contributed by atoms with Gasteiger partial charge in [-0.05, 0) is 27.6 Å². The lowest BCUT2D eigenvalue weighted by molar-refractivity contribution is -0.416. The van der Waals surface area contributed by atoms with E-state index in [0.29, 0.717) is 0 Å². The molecule has 0 radical (unpaired) electrons. The fraction of sp³-hybridized carbons (Fsp3) is 0.0625. The zero-order valence-electron chi connectivity index (χ0n) is 10.1. The van der Waals surface area contributed by atoms with Crippen molar-refractivity contribution in [3.05, 3.63) is 65.4 Å². The van der Waals surface area contributed by atoms with Crippen LogP contribution in [0.4, 0.5) is 0 Å². The van der Waals surface area contributed by atoms with Crippen molar-refractivity contribution in [2.45, 2.75) is 0 Å². The average molecular weight is 235 g/mol. The Bertz CT molecular complexity index is 755. The molecule has 18 heavy (non-hydrogen) atoms. The minimum absolute atomic E-state index is 0.844. The van der Waals surface area contributed by atoms with Gasteiger partial charge in [0.15, 0.2) is 6.21 Å². The maximum atomic E-state index is 11.3. The number of hydrogen-bond acceptors (Lipinski definition) is 1. The Balaban J connectivity index is 2.50. The minimum Gasteiger partial charge on any atom is -0.624 e. The molecular formula is C16H13NO. The molecule has 0 aliphatic rings. The van der Waals surface area contributed by atoms with Gasteiger partial charge in [0.05, 0.1) is 0 Å². The SMILES string of the molecule is C/[N+]([O-])=C/c1cc2ccccc2c2ccccc12. The van der Waals surface area contributed by atoms with Crippen molar-refractivity contribution < 1.29 is 4.74 Å². The van der Waals surface area contributed by atoms with Gasteiger partial charge < -0.3 is 5.21 Å². The van der Waals surface area contributed by atoms with Gasteiger partial charge in [0, 0.05) is 5.56 Å². The topological polar surface area (TPSA) is 26.1 Å². The molecule has 3 aromatic carbocycles. The Morgan fingerprint density at radius 3 is 2.22 bits per heavy atom. The van der Waals surface area contributed by atoms with Gasteiger partial charge in [-0.3, -0.25) is 0 Å². The van der Waals surface area contributed by atoms with E-state index < -0.39 is 0 Å². The van der Waals surface area contributed by atoms with Crippen molar-refractivity contribution in [1.29, 1.82) is 0 Å². The summed E-state index contributed by atoms with van der Waals surface area (Å²) in [5.41, 5.74) is 0.960. The second-order valence-corrected chi connectivity index (χ2v) is 4.41. The van der Waals surface area contributed by atoms with Crippen molar-refractivity contribution in [1.82, 2.24) is 0 Å². The summed E-state index contributed by atoms with van der Waals surface area (Å²) in [5, 5.41) is 15.9. The lowest BCUT2D eigenvalue weighted by atomic mass is 9.98. The van der Waals surface area contributed by atoms with Crippen LogP contribution >= 0.6 is 0 Å². The summed E-state index contributed by atoms with van der Waals surface area (Å²) < 4.78 is 0.844. The van der Waals surface area contributed by atoms with Crippen LogP contribution in [-0.2, 0) is 0 Å². The zero-order chi connectivity index (χ0) is 12.5. The monoisotopic (exact) mass is 235 g/mol. The molecule has 0 amide bonds. The predicted molar refractivity (Wildman–Crippen MR) is 76.2 cm³/mol. The molecule has 0 unspecified atom stereocenters. The van der Waals surface area contributed by atoms with Crippen LogP contribution in [0.3, 0.4) is 0 Å². The maximum Gasteiger partial charge on any atom is 0.182 e. The predicted octanol–water partition coefficient (Wildman–Crippen LogP) is 3.55. The highest BCUT2D eigenvalue weighted by Crippen LogP contribution is 2.27. The van der Waals surface area contributed by atoms with Gasteiger partial charge in [0.25, 0.3) is 0 Å². The summed E-state index contributed by atoms with van der Waals surface area (Å²) in [5.74, 6) is 0. The summed E-state index contributed by atoms with van der Waals surface area (Å²) in [6, 6.07) is 18.5. The number of hydroxylamine groups is 1. The highest BCUT2D eigenvalue weighted by molar-refractivity contribution is 6.13. The van der Waals surface area contributed by atoms with Crippen molar-refractivity contribution >= 4 is 27.8 Å². The fourth-order valence-corrected chi connectivity index (χ4v) is 2.39. The Morgan fingerprint density at radius 1 is 0.889 bits per heavy atom. The fourth-order valence-electron chi connectivity index (χ4n) is 2.39. The van der Waals surface area contributed by atoms with E-state index >= 15 is 0 Å². The van der Waals surface area contributed by atoms with E-state index in [9.17, 15) is 5.21 Å². The van der Waals surface area contributed by atoms with Crippen molar-refractivity contribution in [3.8, 4) is 0 Å². The van der Waals surface area contributed by atoms with Gasteiger partial charge in [-0.15, -0.1) is 0 Å². The molecule has 3 rings (SSSR count). The smallest absolute Gasteiger partial charge is 0.182 e. The van der Waals surface area contributed by atoms with Crippen LogP contribution in [-0.4, -0.2) is 18.0 Å². The van der Waals surface area contributed by atoms with Crippen LogP contribution in [0.25, 0.3) is 21.5 Å². The molecule has 0 saturated heterocycles. The zero-order valence-corrected chi connectivity index (χ0v) is 10.1. The number of nitrogens with zero attached hydrogens (tertiary/aromatic N) is 1. The van der Waals surface area contributed by atoms with Gasteiger partial charge >= 0.3 is 0 Å². The molecular weight excluding hydrogens is 222 g/mol. The first-order chi connectivity index (χ1) is 8.75. The number of fused-ring (bicyclic) bond motifs is 3. The molecule has 0 fully saturated rings. The number of hydrogen-bond donors (Lipinski definition) is 0. The molecule has 0 spiro atoms. The van der Waals surface area contributed by atoms with E-state index in [1.54, 1.807) is 6.21 Å². The Morgan fingerprint density at radius 2 is 1.50 bits per heavy atom. The molecule has 0 N–H and O–H groups in total. The Hall–Kier alpha value is -2.35. The van der Waals surface area contributed by atoms with E-state index in [1.165, 1.54) is 17.8 Å². The minimum atomic E-state index is 0.844. The van der Waals surface area contributed by atoms with Gasteiger partial charge in [-0.1, -0.05) is 48.5 Å². The molecule has 0 saturated carbocycles. The highest BCUT2D eigenvalue weighted by Gasteiger charge is 2.05. The van der Waals surface area contributed by atoms with Gasteiger partial charge in [0.2, 0.25) is 0 Å². The van der Waals surface area contributed by atoms with E-state index in [-0.39, 0.29) is 0 Å². The van der Waals surface area contributed by atoms with E-state index in [0.717, 1.165) is 21.1 Å². The first kappa shape index (κ1) is 10.8. The average Bonchev–Trinajstić information content (AvgIpc) is 2.38. The molecule has 0 aliphatic carbocycles. The van der Waals surface area contributed by atoms with Crippen LogP contribution < -0.4 is 0 Å². The summed E-state index contributed by atoms with van der Waals surface area (Å²) in [6.07, 6.45) is 1.62. The lowest BCUT2D eigenvalue weighted by Gasteiger charge is -2.07. The molecule has 0 aliphatic heterocycles. The summed E-state index contributed by atoms with van der Waals surface area (Å²) in [6.45, 7) is 0. The van der Waals surface area contributed by atoms with Crippen molar-refractivity contribution in [3.63, 3.8) is 0 Å². The van der Waals surface area contributed by atoms with Crippen molar-refractivity contribution in [2.75, 3.05) is 7.05 Å². The normalized spacial score (nSPS) is 12.2. The van der Waals surface area contributed by atoms with Gasteiger partial charge in [-0.2, -0.15) is 0 Å². The number of rotatable bonds is 1. The maximum absolute atomic E-state index is 11.3. The Kier molecular flexibility index (Phi) is 2.49. The van der Waals surface area contributed by atoms with Gasteiger partial charge in [-0.25, -0.2) is 4.74 Å². The first-order valence-corrected chi connectivity index (χ1v) is 5.91. The van der Waals surface area contributed by atoms with E-state index in [2.05, 4.69) is 30.3 Å². The second kappa shape index (κ2) is 4.15. The van der Waals surface area contributed by atoms with Crippen LogP contribution in [0, 0.1) is 5.21 Å². The quantitative estimate of drug-likeness (QED) is 0.208. The summed E-state index contributed by atoms with van der Waals surface area (Å²) in [7, 11) is 1.50. The van der Waals surface area contributed by atoms with Crippen LogP contribution in [0.1, 0.15) is 5.56 Å². The molecule has 0 heterocycles. The van der Waals surface area contributed by atoms with Crippen molar-refractivity contribution in [2.24, 2.45) is 0 Å². The second-order valence-electron chi connectivity index (χ2n) is 4.41. The third-order valence-electron chi connectivity index (χ3n) is 3.12. The molecule has 3 aromatic rings. The molecule has 0 atom stereocenters. The molecule has 0 aromatic heterocycles. The first-order valence-electron chi connectivity index (χ1n) is 5.91. The molecule has 2 heteroatoms. The summed E-state index contributed by atoms with van der Waals surface area (Å²) in [4.78, 5) is 0. The Labute approximate surface area is 105 Å². The van der Waals surface area contributed by atoms with E-state index in [1.807, 2.05) is 24.3 Å².